The maximum absolute atomic E-state index is 12.0. The summed E-state index contributed by atoms with van der Waals surface area (Å²) in [6, 6.07) is 6.48. The molecular weight excluding hydrogens is 382 g/mol. The fraction of sp³-hybridized carbons (Fsp3) is 0.476. The van der Waals surface area contributed by atoms with Crippen LogP contribution in [-0.4, -0.2) is 64.1 Å². The predicted octanol–water partition coefficient (Wildman–Crippen LogP) is 1.77. The van der Waals surface area contributed by atoms with Crippen LogP contribution >= 0.6 is 0 Å². The summed E-state index contributed by atoms with van der Waals surface area (Å²) in [7, 11) is 0. The summed E-state index contributed by atoms with van der Waals surface area (Å²) in [5.74, 6) is 5.79. The highest BCUT2D eigenvalue weighted by atomic mass is 16.5. The van der Waals surface area contributed by atoms with Crippen molar-refractivity contribution in [1.82, 2.24) is 25.3 Å². The van der Waals surface area contributed by atoms with Gasteiger partial charge in [0.2, 0.25) is 0 Å². The van der Waals surface area contributed by atoms with Gasteiger partial charge >= 0.3 is 0 Å². The van der Waals surface area contributed by atoms with Gasteiger partial charge in [0.1, 0.15) is 17.8 Å². The van der Waals surface area contributed by atoms with Gasteiger partial charge in [0.25, 0.3) is 5.91 Å². The lowest BCUT2D eigenvalue weighted by Crippen LogP contribution is -2.46. The molecule has 3 aromatic rings. The number of fused-ring (bicyclic) bond motifs is 3. The van der Waals surface area contributed by atoms with Crippen molar-refractivity contribution in [2.75, 3.05) is 31.6 Å². The number of ether oxygens (including phenoxy) is 1. The molecule has 1 aliphatic heterocycles. The van der Waals surface area contributed by atoms with Crippen molar-refractivity contribution in [3.63, 3.8) is 0 Å². The van der Waals surface area contributed by atoms with Gasteiger partial charge in [0.05, 0.1) is 18.6 Å². The second kappa shape index (κ2) is 8.17. The van der Waals surface area contributed by atoms with Crippen molar-refractivity contribution in [3.8, 4) is 0 Å². The third kappa shape index (κ3) is 3.60. The average molecular weight is 409 g/mol. The topological polar surface area (TPSA) is 121 Å². The van der Waals surface area contributed by atoms with Crippen LogP contribution in [0.3, 0.4) is 0 Å². The number of carbonyl (C=O) groups is 1. The van der Waals surface area contributed by atoms with Gasteiger partial charge in [0, 0.05) is 41.6 Å². The number of nitrogens with two attached hydrogens (primary N) is 1. The quantitative estimate of drug-likeness (QED) is 0.294. The molecule has 9 nitrogen and oxygen atoms in total. The van der Waals surface area contributed by atoms with E-state index in [1.54, 1.807) is 12.4 Å². The first kappa shape index (κ1) is 19.2. The van der Waals surface area contributed by atoms with Crippen molar-refractivity contribution in [2.24, 2.45) is 5.84 Å². The number of aromatic nitrogens is 3. The number of nitrogen functional groups attached to an aromatic ring is 1. The number of rotatable bonds is 4. The average Bonchev–Trinajstić information content (AvgIpc) is 3.18. The Morgan fingerprint density at radius 2 is 1.97 bits per heavy atom. The van der Waals surface area contributed by atoms with E-state index in [0.29, 0.717) is 17.6 Å². The highest BCUT2D eigenvalue weighted by Crippen LogP contribution is 2.32. The number of nitrogens with one attached hydrogen (secondary N) is 3. The summed E-state index contributed by atoms with van der Waals surface area (Å²) in [4.78, 5) is 26.8. The van der Waals surface area contributed by atoms with Crippen LogP contribution in [0.4, 0.5) is 5.82 Å². The molecule has 9 heteroatoms. The molecule has 0 radical (unpaired) electrons. The lowest BCUT2D eigenvalue weighted by molar-refractivity contribution is 0.00791. The number of hydrogen-bond donors (Lipinski definition) is 4. The number of anilines is 1. The zero-order valence-corrected chi connectivity index (χ0v) is 16.9. The number of benzene rings is 1. The Morgan fingerprint density at radius 3 is 2.73 bits per heavy atom. The molecule has 2 fully saturated rings. The lowest BCUT2D eigenvalue weighted by Gasteiger charge is -2.39. The molecule has 0 atom stereocenters. The van der Waals surface area contributed by atoms with Crippen LogP contribution in [0.2, 0.25) is 0 Å². The van der Waals surface area contributed by atoms with Gasteiger partial charge in [-0.15, -0.1) is 0 Å². The first-order valence-corrected chi connectivity index (χ1v) is 10.6. The van der Waals surface area contributed by atoms with Crippen LogP contribution < -0.4 is 16.6 Å². The molecule has 2 aromatic heterocycles. The number of carbonyl (C=O) groups excluding carboxylic acids is 1. The maximum Gasteiger partial charge on any atom is 0.265 e. The van der Waals surface area contributed by atoms with Crippen LogP contribution in [0.25, 0.3) is 21.9 Å². The zero-order valence-electron chi connectivity index (χ0n) is 16.9. The zero-order chi connectivity index (χ0) is 20.5. The van der Waals surface area contributed by atoms with Crippen LogP contribution in [0.5, 0.6) is 0 Å². The van der Waals surface area contributed by atoms with Crippen molar-refractivity contribution >= 4 is 33.7 Å². The molecule has 1 saturated carbocycles. The van der Waals surface area contributed by atoms with Gasteiger partial charge in [-0.3, -0.25) is 15.1 Å². The molecule has 2 aliphatic rings. The molecule has 1 saturated heterocycles. The van der Waals surface area contributed by atoms with E-state index in [-0.39, 0.29) is 5.91 Å². The Kier molecular flexibility index (Phi) is 5.24. The Bertz CT molecular complexity index is 1050. The molecule has 0 spiro atoms. The fourth-order valence-corrected chi connectivity index (χ4v) is 4.78. The predicted molar refractivity (Wildman–Crippen MR) is 115 cm³/mol. The van der Waals surface area contributed by atoms with E-state index in [2.05, 4.69) is 30.6 Å². The summed E-state index contributed by atoms with van der Waals surface area (Å²) in [5.41, 5.74) is 4.37. The third-order valence-electron chi connectivity index (χ3n) is 6.38. The fourth-order valence-electron chi connectivity index (χ4n) is 4.78. The van der Waals surface area contributed by atoms with Gasteiger partial charge in [-0.1, -0.05) is 0 Å². The molecule has 5 rings (SSSR count). The molecule has 0 unspecified atom stereocenters. The van der Waals surface area contributed by atoms with E-state index in [1.807, 2.05) is 12.1 Å². The second-order valence-electron chi connectivity index (χ2n) is 8.10. The molecule has 0 bridgehead atoms. The van der Waals surface area contributed by atoms with Crippen LogP contribution in [0.1, 0.15) is 36.0 Å². The number of hydrazine groups is 1. The SMILES string of the molecule is NNC(=O)c1ccc2[nH]c3ncnc(NC4CCC(N5CCOCC5)CC4)c3c2c1. The molecule has 30 heavy (non-hydrogen) atoms. The smallest absolute Gasteiger partial charge is 0.265 e. The number of nitrogens with zero attached hydrogens (tertiary/aromatic N) is 3. The maximum atomic E-state index is 12.0. The van der Waals surface area contributed by atoms with Crippen LogP contribution in [0, 0.1) is 0 Å². The minimum atomic E-state index is -0.320. The standard InChI is InChI=1S/C21H27N7O2/c22-27-21(29)13-1-6-17-16(11-13)18-19(23-12-24-20(18)26-17)25-14-2-4-15(5-3-14)28-7-9-30-10-8-28/h1,6,11-12,14-15H,2-5,7-10,22H2,(H,27,29)(H2,23,24,25,26). The van der Waals surface area contributed by atoms with E-state index in [4.69, 9.17) is 10.6 Å². The Morgan fingerprint density at radius 1 is 1.17 bits per heavy atom. The van der Waals surface area contributed by atoms with E-state index >= 15 is 0 Å². The number of morpholine rings is 1. The van der Waals surface area contributed by atoms with E-state index < -0.39 is 0 Å². The molecule has 1 aromatic carbocycles. The number of amides is 1. The van der Waals surface area contributed by atoms with Crippen molar-refractivity contribution in [1.29, 1.82) is 0 Å². The molecule has 3 heterocycles. The first-order valence-electron chi connectivity index (χ1n) is 10.6. The van der Waals surface area contributed by atoms with Gasteiger partial charge < -0.3 is 15.0 Å². The highest BCUT2D eigenvalue weighted by molar-refractivity contribution is 6.13. The van der Waals surface area contributed by atoms with E-state index in [1.165, 1.54) is 12.8 Å². The third-order valence-corrected chi connectivity index (χ3v) is 6.38. The van der Waals surface area contributed by atoms with Gasteiger partial charge in [-0.2, -0.15) is 0 Å². The van der Waals surface area contributed by atoms with Crippen molar-refractivity contribution in [2.45, 2.75) is 37.8 Å². The van der Waals surface area contributed by atoms with E-state index in [0.717, 1.165) is 66.9 Å². The van der Waals surface area contributed by atoms with Crippen LogP contribution in [0.15, 0.2) is 24.5 Å². The van der Waals surface area contributed by atoms with Crippen molar-refractivity contribution < 1.29 is 9.53 Å². The number of aromatic amines is 1. The van der Waals surface area contributed by atoms with Crippen molar-refractivity contribution in [3.05, 3.63) is 30.1 Å². The summed E-state index contributed by atoms with van der Waals surface area (Å²) >= 11 is 0. The molecule has 5 N–H and O–H groups in total. The summed E-state index contributed by atoms with van der Waals surface area (Å²) < 4.78 is 5.49. The molecule has 1 amide bonds. The Labute approximate surface area is 174 Å². The molecular formula is C21H27N7O2. The van der Waals surface area contributed by atoms with Gasteiger partial charge in [-0.05, 0) is 43.9 Å². The minimum absolute atomic E-state index is 0.320. The Balaban J connectivity index is 1.37. The monoisotopic (exact) mass is 409 g/mol. The molecule has 158 valence electrons. The second-order valence-corrected chi connectivity index (χ2v) is 8.10. The normalized spacial score (nSPS) is 23.0. The van der Waals surface area contributed by atoms with Gasteiger partial charge in [0.15, 0.2) is 0 Å². The Hall–Kier alpha value is -2.75. The highest BCUT2D eigenvalue weighted by Gasteiger charge is 2.27. The summed E-state index contributed by atoms with van der Waals surface area (Å²) in [6.45, 7) is 3.79. The number of hydrogen-bond acceptors (Lipinski definition) is 7. The van der Waals surface area contributed by atoms with Crippen LogP contribution in [-0.2, 0) is 4.74 Å². The summed E-state index contributed by atoms with van der Waals surface area (Å²) in [5, 5.41) is 5.47. The largest absolute Gasteiger partial charge is 0.379 e. The number of H-pyrrole nitrogens is 1. The minimum Gasteiger partial charge on any atom is -0.379 e. The first-order chi connectivity index (χ1) is 14.7. The van der Waals surface area contributed by atoms with Gasteiger partial charge in [-0.25, -0.2) is 15.8 Å². The molecule has 1 aliphatic carbocycles. The van der Waals surface area contributed by atoms with E-state index in [9.17, 15) is 4.79 Å². The lowest BCUT2D eigenvalue weighted by atomic mass is 9.90. The summed E-state index contributed by atoms with van der Waals surface area (Å²) in [6.07, 6.45) is 6.15.